The molecule has 0 aliphatic rings. The first kappa shape index (κ1) is 14.9. The van der Waals surface area contributed by atoms with Crippen LogP contribution in [0.5, 0.6) is 0 Å². The number of rotatable bonds is 4. The fraction of sp³-hybridized carbons (Fsp3) is 0.154. The average molecular weight is 306 g/mol. The second kappa shape index (κ2) is 6.27. The summed E-state index contributed by atoms with van der Waals surface area (Å²) in [6, 6.07) is 8.16. The van der Waals surface area contributed by atoms with Gasteiger partial charge in [0.2, 0.25) is 0 Å². The Kier molecular flexibility index (Phi) is 4.44. The lowest BCUT2D eigenvalue weighted by Crippen LogP contribution is -2.03. The molecule has 0 atom stereocenters. The van der Waals surface area contributed by atoms with Crippen molar-refractivity contribution >= 4 is 28.8 Å². The Hall–Kier alpha value is -2.54. The van der Waals surface area contributed by atoms with E-state index in [0.29, 0.717) is 22.7 Å². The Morgan fingerprint density at radius 1 is 1.33 bits per heavy atom. The molecule has 21 heavy (non-hydrogen) atoms. The highest BCUT2D eigenvalue weighted by molar-refractivity contribution is 6.29. The third-order valence-electron chi connectivity index (χ3n) is 2.79. The molecule has 1 N–H and O–H groups in total. The topological polar surface area (TPSA) is 93.3 Å². The molecule has 0 amide bonds. The first-order valence-corrected chi connectivity index (χ1v) is 6.40. The summed E-state index contributed by atoms with van der Waals surface area (Å²) in [5.41, 5.74) is 4.63. The molecular weight excluding hydrogens is 294 g/mol. The number of hydrogen-bond acceptors (Lipinski definition) is 6. The van der Waals surface area contributed by atoms with Crippen molar-refractivity contribution in [2.45, 2.75) is 13.8 Å². The predicted octanol–water partition coefficient (Wildman–Crippen LogP) is 3.18. The minimum atomic E-state index is -0.412. The van der Waals surface area contributed by atoms with E-state index in [1.807, 2.05) is 0 Å². The van der Waals surface area contributed by atoms with Crippen molar-refractivity contribution in [2.24, 2.45) is 5.10 Å². The minimum Gasteiger partial charge on any atom is -0.260 e. The number of nitro groups is 1. The molecule has 0 unspecified atom stereocenters. The van der Waals surface area contributed by atoms with Gasteiger partial charge in [-0.05, 0) is 26.0 Å². The lowest BCUT2D eigenvalue weighted by molar-refractivity contribution is -0.385. The van der Waals surface area contributed by atoms with Crippen LogP contribution in [0.2, 0.25) is 5.15 Å². The monoisotopic (exact) mass is 305 g/mol. The fourth-order valence-electron chi connectivity index (χ4n) is 1.61. The van der Waals surface area contributed by atoms with Gasteiger partial charge in [-0.3, -0.25) is 15.5 Å². The summed E-state index contributed by atoms with van der Waals surface area (Å²) in [5.74, 6) is 0.431. The van der Waals surface area contributed by atoms with Gasteiger partial charge in [0.15, 0.2) is 11.0 Å². The summed E-state index contributed by atoms with van der Waals surface area (Å²) in [6.45, 7) is 3.43. The van der Waals surface area contributed by atoms with Crippen LogP contribution in [0.4, 0.5) is 11.5 Å². The Labute approximate surface area is 125 Å². The highest BCUT2D eigenvalue weighted by Gasteiger charge is 2.12. The zero-order valence-electron chi connectivity index (χ0n) is 11.4. The molecule has 0 spiro atoms. The van der Waals surface area contributed by atoms with Crippen LogP contribution in [-0.4, -0.2) is 20.8 Å². The molecular formula is C13H12ClN5O2. The number of anilines is 1. The fourth-order valence-corrected chi connectivity index (χ4v) is 1.71. The van der Waals surface area contributed by atoms with Crippen molar-refractivity contribution in [3.8, 4) is 0 Å². The quantitative estimate of drug-likeness (QED) is 0.532. The molecule has 0 radical (unpaired) electrons. The molecule has 0 bridgehead atoms. The number of benzene rings is 1. The van der Waals surface area contributed by atoms with Crippen LogP contribution in [0.15, 0.2) is 35.4 Å². The summed E-state index contributed by atoms with van der Waals surface area (Å²) >= 11 is 5.63. The summed E-state index contributed by atoms with van der Waals surface area (Å²) in [5, 5.41) is 22.8. The number of aromatic nitrogens is 2. The summed E-state index contributed by atoms with van der Waals surface area (Å²) in [6.07, 6.45) is 0. The van der Waals surface area contributed by atoms with E-state index < -0.39 is 4.92 Å². The number of halogens is 1. The molecule has 2 aromatic rings. The maximum absolute atomic E-state index is 10.9. The largest absolute Gasteiger partial charge is 0.272 e. The maximum atomic E-state index is 10.9. The molecule has 1 aromatic heterocycles. The molecule has 8 heteroatoms. The van der Waals surface area contributed by atoms with Crippen molar-refractivity contribution in [1.29, 1.82) is 0 Å². The van der Waals surface area contributed by atoms with Gasteiger partial charge in [-0.25, -0.2) is 0 Å². The van der Waals surface area contributed by atoms with Gasteiger partial charge in [-0.15, -0.1) is 10.2 Å². The van der Waals surface area contributed by atoms with Crippen LogP contribution in [0, 0.1) is 17.0 Å². The summed E-state index contributed by atoms with van der Waals surface area (Å²) < 4.78 is 0. The minimum absolute atomic E-state index is 0.0633. The molecule has 0 fully saturated rings. The van der Waals surface area contributed by atoms with E-state index >= 15 is 0 Å². The van der Waals surface area contributed by atoms with E-state index in [0.717, 1.165) is 0 Å². The summed E-state index contributed by atoms with van der Waals surface area (Å²) in [7, 11) is 0. The van der Waals surface area contributed by atoms with Gasteiger partial charge in [0.1, 0.15) is 0 Å². The van der Waals surface area contributed by atoms with E-state index in [1.165, 1.54) is 6.07 Å². The van der Waals surface area contributed by atoms with Crippen molar-refractivity contribution in [1.82, 2.24) is 10.2 Å². The predicted molar refractivity (Wildman–Crippen MR) is 80.7 cm³/mol. The Balaban J connectivity index is 2.21. The Bertz CT molecular complexity index is 700. The number of nitrogens with one attached hydrogen (secondary N) is 1. The second-order valence-corrected chi connectivity index (χ2v) is 4.70. The lowest BCUT2D eigenvalue weighted by atomic mass is 10.1. The molecule has 1 heterocycles. The van der Waals surface area contributed by atoms with Gasteiger partial charge in [-0.1, -0.05) is 23.7 Å². The van der Waals surface area contributed by atoms with E-state index in [4.69, 9.17) is 11.6 Å². The smallest absolute Gasteiger partial charge is 0.260 e. The van der Waals surface area contributed by atoms with Crippen molar-refractivity contribution < 1.29 is 4.92 Å². The SMILES string of the molecule is C/C(=N\Nc1ccc(Cl)nn1)c1ccc(C)c([N+](=O)[O-])c1. The first-order valence-electron chi connectivity index (χ1n) is 6.02. The lowest BCUT2D eigenvalue weighted by Gasteiger charge is -2.04. The number of hydrogen-bond donors (Lipinski definition) is 1. The van der Waals surface area contributed by atoms with E-state index in [-0.39, 0.29) is 10.8 Å². The van der Waals surface area contributed by atoms with Crippen molar-refractivity contribution in [3.63, 3.8) is 0 Å². The first-order chi connectivity index (χ1) is 9.97. The van der Waals surface area contributed by atoms with Gasteiger partial charge in [0.25, 0.3) is 5.69 Å². The molecule has 0 aliphatic heterocycles. The normalized spacial score (nSPS) is 11.3. The van der Waals surface area contributed by atoms with E-state index in [2.05, 4.69) is 20.7 Å². The molecule has 7 nitrogen and oxygen atoms in total. The standard InChI is InChI=1S/C13H12ClN5O2/c1-8-3-4-10(7-11(8)19(20)21)9(2)15-17-13-6-5-12(14)16-18-13/h3-7H,1-2H3,(H,17,18)/b15-9+. The van der Waals surface area contributed by atoms with Crippen LogP contribution in [-0.2, 0) is 0 Å². The molecule has 0 saturated heterocycles. The zero-order valence-corrected chi connectivity index (χ0v) is 12.1. The molecule has 0 saturated carbocycles. The van der Waals surface area contributed by atoms with E-state index in [9.17, 15) is 10.1 Å². The van der Waals surface area contributed by atoms with Gasteiger partial charge in [-0.2, -0.15) is 5.10 Å². The van der Waals surface area contributed by atoms with Crippen LogP contribution in [0.1, 0.15) is 18.1 Å². The highest BCUT2D eigenvalue weighted by atomic mass is 35.5. The molecule has 0 aliphatic carbocycles. The zero-order chi connectivity index (χ0) is 15.4. The number of nitro benzene ring substituents is 1. The number of hydrazone groups is 1. The maximum Gasteiger partial charge on any atom is 0.272 e. The number of nitrogens with zero attached hydrogens (tertiary/aromatic N) is 4. The van der Waals surface area contributed by atoms with Gasteiger partial charge in [0.05, 0.1) is 10.6 Å². The van der Waals surface area contributed by atoms with Gasteiger partial charge in [0, 0.05) is 17.2 Å². The van der Waals surface area contributed by atoms with E-state index in [1.54, 1.807) is 38.1 Å². The summed E-state index contributed by atoms with van der Waals surface area (Å²) in [4.78, 5) is 10.5. The molecule has 108 valence electrons. The Morgan fingerprint density at radius 2 is 2.10 bits per heavy atom. The van der Waals surface area contributed by atoms with Crippen LogP contribution in [0.3, 0.4) is 0 Å². The third-order valence-corrected chi connectivity index (χ3v) is 3.00. The van der Waals surface area contributed by atoms with Gasteiger partial charge < -0.3 is 0 Å². The van der Waals surface area contributed by atoms with Crippen LogP contribution < -0.4 is 5.43 Å². The van der Waals surface area contributed by atoms with Crippen molar-refractivity contribution in [2.75, 3.05) is 5.43 Å². The third kappa shape index (κ3) is 3.73. The van der Waals surface area contributed by atoms with Crippen molar-refractivity contribution in [3.05, 3.63) is 56.7 Å². The second-order valence-electron chi connectivity index (χ2n) is 4.31. The van der Waals surface area contributed by atoms with Gasteiger partial charge >= 0.3 is 0 Å². The Morgan fingerprint density at radius 3 is 2.71 bits per heavy atom. The molecule has 2 rings (SSSR count). The average Bonchev–Trinajstić information content (AvgIpc) is 2.46. The van der Waals surface area contributed by atoms with Crippen LogP contribution >= 0.6 is 11.6 Å². The highest BCUT2D eigenvalue weighted by Crippen LogP contribution is 2.19. The molecule has 1 aromatic carbocycles. The number of aryl methyl sites for hydroxylation is 1. The van der Waals surface area contributed by atoms with Crippen LogP contribution in [0.25, 0.3) is 0 Å².